The van der Waals surface area contributed by atoms with Crippen LogP contribution in [0.25, 0.3) is 0 Å². The fourth-order valence-corrected chi connectivity index (χ4v) is 2.42. The summed E-state index contributed by atoms with van der Waals surface area (Å²) in [7, 11) is 1.78. The Hall–Kier alpha value is -0.860. The molecule has 0 saturated heterocycles. The molecule has 0 saturated carbocycles. The van der Waals surface area contributed by atoms with E-state index in [1.165, 1.54) is 11.1 Å². The van der Waals surface area contributed by atoms with Gasteiger partial charge < -0.3 is 10.1 Å². The molecule has 2 heteroatoms. The molecule has 2 unspecified atom stereocenters. The third kappa shape index (κ3) is 5.75. The van der Waals surface area contributed by atoms with Gasteiger partial charge in [0.05, 0.1) is 6.10 Å². The van der Waals surface area contributed by atoms with E-state index in [0.717, 1.165) is 19.4 Å². The molecule has 19 heavy (non-hydrogen) atoms. The molecule has 0 amide bonds. The fraction of sp³-hybridized carbons (Fsp3) is 0.647. The van der Waals surface area contributed by atoms with E-state index in [9.17, 15) is 0 Å². The maximum absolute atomic E-state index is 5.40. The van der Waals surface area contributed by atoms with Crippen molar-refractivity contribution in [3.63, 3.8) is 0 Å². The second-order valence-electron chi connectivity index (χ2n) is 5.74. The van der Waals surface area contributed by atoms with Gasteiger partial charge in [-0.15, -0.1) is 0 Å². The molecule has 0 bridgehead atoms. The molecule has 0 spiro atoms. The van der Waals surface area contributed by atoms with E-state index in [-0.39, 0.29) is 6.10 Å². The normalized spacial score (nSPS) is 14.6. The van der Waals surface area contributed by atoms with Gasteiger partial charge in [0, 0.05) is 13.2 Å². The molecular weight excluding hydrogens is 234 g/mol. The summed E-state index contributed by atoms with van der Waals surface area (Å²) in [6.45, 7) is 9.79. The largest absolute Gasteiger partial charge is 0.382 e. The molecule has 0 aliphatic heterocycles. The van der Waals surface area contributed by atoms with Gasteiger partial charge in [-0.2, -0.15) is 0 Å². The minimum atomic E-state index is 0.276. The molecule has 2 nitrogen and oxygen atoms in total. The van der Waals surface area contributed by atoms with Gasteiger partial charge in [0.25, 0.3) is 0 Å². The molecule has 108 valence electrons. The second kappa shape index (κ2) is 8.34. The first-order valence-electron chi connectivity index (χ1n) is 7.41. The number of hydrogen-bond donors (Lipinski definition) is 1. The van der Waals surface area contributed by atoms with Gasteiger partial charge in [-0.05, 0) is 43.4 Å². The van der Waals surface area contributed by atoms with Gasteiger partial charge in [-0.25, -0.2) is 0 Å². The molecule has 0 radical (unpaired) electrons. The quantitative estimate of drug-likeness (QED) is 0.766. The van der Waals surface area contributed by atoms with Crippen LogP contribution in [0.15, 0.2) is 24.3 Å². The van der Waals surface area contributed by atoms with Gasteiger partial charge in [0.15, 0.2) is 0 Å². The summed E-state index contributed by atoms with van der Waals surface area (Å²) in [6, 6.07) is 9.35. The van der Waals surface area contributed by atoms with E-state index in [0.29, 0.717) is 12.0 Å². The Morgan fingerprint density at radius 2 is 1.95 bits per heavy atom. The summed E-state index contributed by atoms with van der Waals surface area (Å²) in [5.41, 5.74) is 2.81. The average molecular weight is 263 g/mol. The monoisotopic (exact) mass is 263 g/mol. The lowest BCUT2D eigenvalue weighted by Gasteiger charge is -2.22. The summed E-state index contributed by atoms with van der Waals surface area (Å²) in [4.78, 5) is 0. The van der Waals surface area contributed by atoms with E-state index in [1.54, 1.807) is 7.11 Å². The molecule has 0 fully saturated rings. The SMILES string of the molecule is CCNC(CC(C)OC)c1cccc(CC(C)C)c1. The highest BCUT2D eigenvalue weighted by Crippen LogP contribution is 2.21. The first-order chi connectivity index (χ1) is 9.06. The zero-order chi connectivity index (χ0) is 14.3. The highest BCUT2D eigenvalue weighted by atomic mass is 16.5. The molecule has 0 aromatic heterocycles. The summed E-state index contributed by atoms with van der Waals surface area (Å²) < 4.78 is 5.40. The van der Waals surface area contributed by atoms with E-state index in [1.807, 2.05) is 0 Å². The van der Waals surface area contributed by atoms with Gasteiger partial charge in [-0.1, -0.05) is 45.0 Å². The lowest BCUT2D eigenvalue weighted by atomic mass is 9.96. The average Bonchev–Trinajstić information content (AvgIpc) is 2.37. The van der Waals surface area contributed by atoms with Crippen LogP contribution in [0.2, 0.25) is 0 Å². The first kappa shape index (κ1) is 16.2. The molecule has 0 aliphatic rings. The van der Waals surface area contributed by atoms with Crippen LogP contribution in [0.3, 0.4) is 0 Å². The Labute approximate surface area is 118 Å². The van der Waals surface area contributed by atoms with Crippen molar-refractivity contribution in [3.8, 4) is 0 Å². The minimum Gasteiger partial charge on any atom is -0.382 e. The minimum absolute atomic E-state index is 0.276. The summed E-state index contributed by atoms with van der Waals surface area (Å²) >= 11 is 0. The number of ether oxygens (including phenoxy) is 1. The van der Waals surface area contributed by atoms with Crippen LogP contribution >= 0.6 is 0 Å². The van der Waals surface area contributed by atoms with Crippen LogP contribution in [-0.2, 0) is 11.2 Å². The Morgan fingerprint density at radius 3 is 2.53 bits per heavy atom. The third-order valence-electron chi connectivity index (χ3n) is 3.42. The van der Waals surface area contributed by atoms with Crippen molar-refractivity contribution < 1.29 is 4.74 Å². The third-order valence-corrected chi connectivity index (χ3v) is 3.42. The van der Waals surface area contributed by atoms with E-state index in [4.69, 9.17) is 4.74 Å². The molecular formula is C17H29NO. The summed E-state index contributed by atoms with van der Waals surface area (Å²) in [5.74, 6) is 0.700. The molecule has 1 rings (SSSR count). The predicted molar refractivity (Wildman–Crippen MR) is 82.5 cm³/mol. The van der Waals surface area contributed by atoms with E-state index in [2.05, 4.69) is 57.3 Å². The molecule has 1 aromatic carbocycles. The van der Waals surface area contributed by atoms with Crippen molar-refractivity contribution in [3.05, 3.63) is 35.4 Å². The number of benzene rings is 1. The van der Waals surface area contributed by atoms with Crippen LogP contribution in [0.4, 0.5) is 0 Å². The van der Waals surface area contributed by atoms with Gasteiger partial charge in [0.2, 0.25) is 0 Å². The highest BCUT2D eigenvalue weighted by Gasteiger charge is 2.14. The van der Waals surface area contributed by atoms with Crippen molar-refractivity contribution in [2.24, 2.45) is 5.92 Å². The zero-order valence-corrected chi connectivity index (χ0v) is 13.1. The molecule has 0 aliphatic carbocycles. The Kier molecular flexibility index (Phi) is 7.11. The highest BCUT2D eigenvalue weighted by molar-refractivity contribution is 5.26. The van der Waals surface area contributed by atoms with Crippen molar-refractivity contribution >= 4 is 0 Å². The second-order valence-corrected chi connectivity index (χ2v) is 5.74. The summed E-state index contributed by atoms with van der Waals surface area (Å²) in [5, 5.41) is 3.56. The van der Waals surface area contributed by atoms with Crippen molar-refractivity contribution in [2.75, 3.05) is 13.7 Å². The molecule has 0 heterocycles. The number of rotatable bonds is 8. The van der Waals surface area contributed by atoms with Gasteiger partial charge in [0.1, 0.15) is 0 Å². The van der Waals surface area contributed by atoms with Gasteiger partial charge in [-0.3, -0.25) is 0 Å². The first-order valence-corrected chi connectivity index (χ1v) is 7.41. The molecule has 2 atom stereocenters. The Bertz CT molecular complexity index is 362. The lowest BCUT2D eigenvalue weighted by molar-refractivity contribution is 0.101. The summed E-state index contributed by atoms with van der Waals surface area (Å²) in [6.07, 6.45) is 2.43. The maximum atomic E-state index is 5.40. The van der Waals surface area contributed by atoms with Crippen molar-refractivity contribution in [2.45, 2.75) is 52.7 Å². The smallest absolute Gasteiger partial charge is 0.0561 e. The van der Waals surface area contributed by atoms with Crippen LogP contribution in [0.1, 0.15) is 51.3 Å². The van der Waals surface area contributed by atoms with E-state index >= 15 is 0 Å². The number of hydrogen-bond acceptors (Lipinski definition) is 2. The van der Waals surface area contributed by atoms with Gasteiger partial charge >= 0.3 is 0 Å². The standard InChI is InChI=1S/C17H29NO/c1-6-18-17(11-14(4)19-5)16-9-7-8-15(12-16)10-13(2)3/h7-9,12-14,17-18H,6,10-11H2,1-5H3. The van der Waals surface area contributed by atoms with E-state index < -0.39 is 0 Å². The Morgan fingerprint density at radius 1 is 1.21 bits per heavy atom. The lowest BCUT2D eigenvalue weighted by Crippen LogP contribution is -2.25. The predicted octanol–water partition coefficient (Wildman–Crippen LogP) is 3.96. The number of nitrogens with one attached hydrogen (secondary N) is 1. The fourth-order valence-electron chi connectivity index (χ4n) is 2.42. The molecule has 1 N–H and O–H groups in total. The topological polar surface area (TPSA) is 21.3 Å². The van der Waals surface area contributed by atoms with Crippen LogP contribution < -0.4 is 5.32 Å². The van der Waals surface area contributed by atoms with Crippen molar-refractivity contribution in [1.82, 2.24) is 5.32 Å². The number of methoxy groups -OCH3 is 1. The van der Waals surface area contributed by atoms with Crippen LogP contribution in [-0.4, -0.2) is 19.8 Å². The molecule has 1 aromatic rings. The van der Waals surface area contributed by atoms with Crippen molar-refractivity contribution in [1.29, 1.82) is 0 Å². The van der Waals surface area contributed by atoms with Crippen LogP contribution in [0.5, 0.6) is 0 Å². The zero-order valence-electron chi connectivity index (χ0n) is 13.1. The Balaban J connectivity index is 2.82. The van der Waals surface area contributed by atoms with Crippen LogP contribution in [0, 0.1) is 5.92 Å². The maximum Gasteiger partial charge on any atom is 0.0561 e.